The number of aliphatic hydroxyl groups is 2. The molecule has 0 heterocycles. The monoisotopic (exact) mass is 318 g/mol. The molecule has 120 valence electrons. The van der Waals surface area contributed by atoms with Crippen molar-refractivity contribution in [1.82, 2.24) is 0 Å². The third kappa shape index (κ3) is 4.24. The molecule has 3 nitrogen and oxygen atoms in total. The molecule has 0 spiro atoms. The van der Waals surface area contributed by atoms with Gasteiger partial charge in [-0.2, -0.15) is 26.3 Å². The average molecular weight is 318 g/mol. The molecular weight excluding hydrogens is 306 g/mol. The second-order valence-corrected chi connectivity index (χ2v) is 4.34. The van der Waals surface area contributed by atoms with Crippen LogP contribution in [0, 0.1) is 0 Å². The second kappa shape index (κ2) is 6.10. The lowest BCUT2D eigenvalue weighted by Crippen LogP contribution is -2.58. The van der Waals surface area contributed by atoms with E-state index in [0.29, 0.717) is 0 Å². The first-order chi connectivity index (χ1) is 9.47. The van der Waals surface area contributed by atoms with Crippen LogP contribution in [0.5, 0.6) is 5.75 Å². The molecule has 0 aliphatic heterocycles. The van der Waals surface area contributed by atoms with Crippen molar-refractivity contribution < 1.29 is 41.3 Å². The van der Waals surface area contributed by atoms with E-state index in [9.17, 15) is 31.4 Å². The van der Waals surface area contributed by atoms with Gasteiger partial charge in [-0.25, -0.2) is 0 Å². The van der Waals surface area contributed by atoms with E-state index in [1.54, 1.807) is 6.07 Å². The Kier molecular flexibility index (Phi) is 5.11. The van der Waals surface area contributed by atoms with Crippen molar-refractivity contribution in [1.29, 1.82) is 0 Å². The van der Waals surface area contributed by atoms with E-state index in [0.717, 1.165) is 0 Å². The smallest absolute Gasteiger partial charge is 0.426 e. The minimum atomic E-state index is -5.96. The number of ether oxygens (including phenoxy) is 1. The van der Waals surface area contributed by atoms with Crippen molar-refractivity contribution in [2.75, 3.05) is 6.61 Å². The molecule has 0 aromatic heterocycles. The predicted octanol–water partition coefficient (Wildman–Crippen LogP) is 2.67. The van der Waals surface area contributed by atoms with Gasteiger partial charge in [0, 0.05) is 6.42 Å². The van der Waals surface area contributed by atoms with Gasteiger partial charge in [-0.1, -0.05) is 18.2 Å². The maximum absolute atomic E-state index is 12.4. The number of halogens is 6. The molecule has 0 saturated carbocycles. The van der Waals surface area contributed by atoms with Gasteiger partial charge in [0.1, 0.15) is 12.4 Å². The molecule has 1 rings (SSSR count). The first-order valence-corrected chi connectivity index (χ1v) is 5.69. The van der Waals surface area contributed by atoms with Crippen LogP contribution in [0.1, 0.15) is 6.42 Å². The van der Waals surface area contributed by atoms with Crippen molar-refractivity contribution in [3.05, 3.63) is 30.3 Å². The van der Waals surface area contributed by atoms with Crippen molar-refractivity contribution in [3.63, 3.8) is 0 Å². The molecule has 1 aromatic rings. The first-order valence-electron chi connectivity index (χ1n) is 5.69. The lowest BCUT2D eigenvalue weighted by molar-refractivity contribution is -0.374. The number of aliphatic hydroxyl groups excluding tert-OH is 1. The zero-order valence-electron chi connectivity index (χ0n) is 10.4. The average Bonchev–Trinajstić information content (AvgIpc) is 2.35. The van der Waals surface area contributed by atoms with Crippen molar-refractivity contribution in [2.45, 2.75) is 30.5 Å². The first kappa shape index (κ1) is 17.6. The molecule has 1 unspecified atom stereocenters. The van der Waals surface area contributed by atoms with Crippen molar-refractivity contribution in [3.8, 4) is 5.75 Å². The van der Waals surface area contributed by atoms with E-state index >= 15 is 0 Å². The summed E-state index contributed by atoms with van der Waals surface area (Å²) in [6, 6.07) is 7.50. The quantitative estimate of drug-likeness (QED) is 0.821. The van der Waals surface area contributed by atoms with Crippen LogP contribution in [-0.4, -0.2) is 40.9 Å². The standard InChI is InChI=1S/C12H12F6O3/c13-11(14,15)10(20,12(16,17)18)6-8(19)7-21-9-4-2-1-3-5-9/h1-5,8,19-20H,6-7H2. The Labute approximate surface area is 115 Å². The zero-order valence-corrected chi connectivity index (χ0v) is 10.4. The van der Waals surface area contributed by atoms with Crippen molar-refractivity contribution in [2.24, 2.45) is 0 Å². The molecule has 1 atom stereocenters. The Morgan fingerprint density at radius 2 is 1.43 bits per heavy atom. The highest BCUT2D eigenvalue weighted by molar-refractivity contribution is 5.20. The van der Waals surface area contributed by atoms with Crippen LogP contribution < -0.4 is 4.74 Å². The summed E-state index contributed by atoms with van der Waals surface area (Å²) in [7, 11) is 0. The Bertz CT molecular complexity index is 429. The number of hydrogen-bond donors (Lipinski definition) is 2. The molecule has 21 heavy (non-hydrogen) atoms. The summed E-state index contributed by atoms with van der Waals surface area (Å²) in [5, 5.41) is 18.2. The van der Waals surface area contributed by atoms with Gasteiger partial charge in [0.15, 0.2) is 0 Å². The summed E-state index contributed by atoms with van der Waals surface area (Å²) in [4.78, 5) is 0. The summed E-state index contributed by atoms with van der Waals surface area (Å²) >= 11 is 0. The molecule has 9 heteroatoms. The fourth-order valence-electron chi connectivity index (χ4n) is 1.50. The fraction of sp³-hybridized carbons (Fsp3) is 0.500. The molecule has 0 radical (unpaired) electrons. The third-order valence-corrected chi connectivity index (χ3v) is 2.65. The minimum Gasteiger partial charge on any atom is -0.491 e. The van der Waals surface area contributed by atoms with E-state index < -0.39 is 37.1 Å². The second-order valence-electron chi connectivity index (χ2n) is 4.34. The number of hydrogen-bond acceptors (Lipinski definition) is 3. The van der Waals surface area contributed by atoms with Crippen LogP contribution in [0.3, 0.4) is 0 Å². The van der Waals surface area contributed by atoms with Crippen LogP contribution in [-0.2, 0) is 0 Å². The molecular formula is C12H12F6O3. The molecule has 1 aromatic carbocycles. The fourth-order valence-corrected chi connectivity index (χ4v) is 1.50. The summed E-state index contributed by atoms with van der Waals surface area (Å²) in [5.74, 6) is 0.166. The number of alkyl halides is 6. The van der Waals surface area contributed by atoms with E-state index in [2.05, 4.69) is 0 Å². The zero-order chi connectivity index (χ0) is 16.3. The SMILES string of the molecule is OC(COc1ccccc1)CC(O)(C(F)(F)F)C(F)(F)F. The van der Waals surface area contributed by atoms with E-state index in [1.807, 2.05) is 0 Å². The lowest BCUT2D eigenvalue weighted by Gasteiger charge is -2.33. The summed E-state index contributed by atoms with van der Waals surface area (Å²) in [6.45, 7) is -0.821. The summed E-state index contributed by atoms with van der Waals surface area (Å²) < 4.78 is 79.3. The van der Waals surface area contributed by atoms with E-state index in [4.69, 9.17) is 9.84 Å². The molecule has 0 amide bonds. The van der Waals surface area contributed by atoms with Crippen LogP contribution in [0.4, 0.5) is 26.3 Å². The van der Waals surface area contributed by atoms with E-state index in [-0.39, 0.29) is 5.75 Å². The maximum Gasteiger partial charge on any atom is 0.426 e. The predicted molar refractivity (Wildman–Crippen MR) is 59.6 cm³/mol. The summed E-state index contributed by atoms with van der Waals surface area (Å²) in [6.07, 6.45) is -16.0. The topological polar surface area (TPSA) is 49.7 Å². The van der Waals surface area contributed by atoms with Gasteiger partial charge in [0.25, 0.3) is 5.60 Å². The number of rotatable bonds is 5. The van der Waals surface area contributed by atoms with Gasteiger partial charge in [-0.3, -0.25) is 0 Å². The Morgan fingerprint density at radius 1 is 0.952 bits per heavy atom. The molecule has 0 aliphatic rings. The normalized spacial score (nSPS) is 14.9. The molecule has 0 saturated heterocycles. The lowest BCUT2D eigenvalue weighted by atomic mass is 9.95. The van der Waals surface area contributed by atoms with Gasteiger partial charge in [-0.15, -0.1) is 0 Å². The van der Waals surface area contributed by atoms with Gasteiger partial charge in [0.05, 0.1) is 6.10 Å². The van der Waals surface area contributed by atoms with Crippen LogP contribution >= 0.6 is 0 Å². The largest absolute Gasteiger partial charge is 0.491 e. The van der Waals surface area contributed by atoms with Gasteiger partial charge < -0.3 is 14.9 Å². The highest BCUT2D eigenvalue weighted by Gasteiger charge is 2.70. The molecule has 0 fully saturated rings. The highest BCUT2D eigenvalue weighted by Crippen LogP contribution is 2.45. The maximum atomic E-state index is 12.4. The third-order valence-electron chi connectivity index (χ3n) is 2.65. The van der Waals surface area contributed by atoms with Gasteiger partial charge >= 0.3 is 12.4 Å². The Balaban J connectivity index is 2.72. The van der Waals surface area contributed by atoms with Crippen LogP contribution in [0.25, 0.3) is 0 Å². The van der Waals surface area contributed by atoms with Gasteiger partial charge in [-0.05, 0) is 12.1 Å². The summed E-state index contributed by atoms with van der Waals surface area (Å²) in [5.41, 5.74) is -4.99. The molecule has 2 N–H and O–H groups in total. The minimum absolute atomic E-state index is 0.166. The number of para-hydroxylation sites is 1. The van der Waals surface area contributed by atoms with Crippen molar-refractivity contribution >= 4 is 0 Å². The number of benzene rings is 1. The molecule has 0 aliphatic carbocycles. The molecule has 0 bridgehead atoms. The van der Waals surface area contributed by atoms with Crippen LogP contribution in [0.15, 0.2) is 30.3 Å². The Hall–Kier alpha value is -1.48. The Morgan fingerprint density at radius 3 is 1.86 bits per heavy atom. The van der Waals surface area contributed by atoms with Crippen LogP contribution in [0.2, 0.25) is 0 Å². The van der Waals surface area contributed by atoms with Gasteiger partial charge in [0.2, 0.25) is 0 Å². The van der Waals surface area contributed by atoms with E-state index in [1.165, 1.54) is 24.3 Å². The highest BCUT2D eigenvalue weighted by atomic mass is 19.4.